The van der Waals surface area contributed by atoms with E-state index in [2.05, 4.69) is 10.6 Å². The Morgan fingerprint density at radius 3 is 2.18 bits per heavy atom. The number of methoxy groups -OCH3 is 1. The van der Waals surface area contributed by atoms with E-state index in [-0.39, 0.29) is 19.6 Å². The fourth-order valence-corrected chi connectivity index (χ4v) is 5.80. The minimum absolute atomic E-state index is 0.183. The molecule has 1 aliphatic heterocycles. The molecule has 0 aliphatic carbocycles. The van der Waals surface area contributed by atoms with Crippen molar-refractivity contribution in [2.75, 3.05) is 40.0 Å². The molecule has 0 aromatic heterocycles. The van der Waals surface area contributed by atoms with Crippen molar-refractivity contribution in [2.45, 2.75) is 45.4 Å². The van der Waals surface area contributed by atoms with Crippen LogP contribution in [0.5, 0.6) is 0 Å². The number of esters is 1. The van der Waals surface area contributed by atoms with Crippen LogP contribution in [0.25, 0.3) is 0 Å². The van der Waals surface area contributed by atoms with Gasteiger partial charge in [-0.1, -0.05) is 6.07 Å². The van der Waals surface area contributed by atoms with Crippen LogP contribution in [0.1, 0.15) is 35.1 Å². The summed E-state index contributed by atoms with van der Waals surface area (Å²) in [5.41, 5.74) is 3.30. The molecule has 0 spiro atoms. The van der Waals surface area contributed by atoms with Gasteiger partial charge >= 0.3 is 12.0 Å². The second-order valence-electron chi connectivity index (χ2n) is 8.17. The first kappa shape index (κ1) is 26.7. The van der Waals surface area contributed by atoms with Gasteiger partial charge in [-0.25, -0.2) is 13.2 Å². The summed E-state index contributed by atoms with van der Waals surface area (Å²) >= 11 is 0. The first-order chi connectivity index (χ1) is 15.5. The molecule has 1 saturated heterocycles. The van der Waals surface area contributed by atoms with Crippen LogP contribution in [0.2, 0.25) is 0 Å². The summed E-state index contributed by atoms with van der Waals surface area (Å²) in [6, 6.07) is 1.27. The zero-order valence-electron chi connectivity index (χ0n) is 19.8. The summed E-state index contributed by atoms with van der Waals surface area (Å²) in [6.07, 6.45) is 0.583. The molecular weight excluding hydrogens is 450 g/mol. The quantitative estimate of drug-likeness (QED) is 0.421. The lowest BCUT2D eigenvalue weighted by molar-refractivity contribution is -0.153. The first-order valence-electron chi connectivity index (χ1n) is 10.8. The number of hydrogen-bond donors (Lipinski definition) is 2. The second kappa shape index (κ2) is 11.6. The number of urea groups is 1. The van der Waals surface area contributed by atoms with E-state index in [1.807, 2.05) is 33.8 Å². The monoisotopic (exact) mass is 483 g/mol. The van der Waals surface area contributed by atoms with Crippen molar-refractivity contribution in [3.8, 4) is 0 Å². The Bertz CT molecular complexity index is 973. The summed E-state index contributed by atoms with van der Waals surface area (Å²) in [6.45, 7) is 7.71. The van der Waals surface area contributed by atoms with Crippen LogP contribution in [-0.2, 0) is 29.1 Å². The number of rotatable bonds is 8. The number of ether oxygens (including phenoxy) is 2. The van der Waals surface area contributed by atoms with Crippen molar-refractivity contribution >= 4 is 27.9 Å². The largest absolute Gasteiger partial charge is 0.455 e. The van der Waals surface area contributed by atoms with Crippen LogP contribution < -0.4 is 10.6 Å². The van der Waals surface area contributed by atoms with Crippen molar-refractivity contribution < 1.29 is 32.3 Å². The Hall–Kier alpha value is -2.50. The summed E-state index contributed by atoms with van der Waals surface area (Å²) in [5.74, 6) is -1.85. The molecule has 2 N–H and O–H groups in total. The molecule has 0 bridgehead atoms. The number of nitrogens with one attached hydrogen (secondary N) is 2. The number of sulfonamides is 1. The number of benzene rings is 1. The van der Waals surface area contributed by atoms with Gasteiger partial charge in [-0.05, 0) is 62.8 Å². The van der Waals surface area contributed by atoms with Gasteiger partial charge in [0.15, 0.2) is 6.61 Å². The average Bonchev–Trinajstić information content (AvgIpc) is 2.76. The van der Waals surface area contributed by atoms with Gasteiger partial charge in [0.2, 0.25) is 10.0 Å². The van der Waals surface area contributed by atoms with E-state index in [4.69, 9.17) is 9.47 Å². The zero-order valence-corrected chi connectivity index (χ0v) is 20.6. The molecule has 10 nitrogen and oxygen atoms in total. The highest BCUT2D eigenvalue weighted by Crippen LogP contribution is 2.31. The number of hydrogen-bond acceptors (Lipinski definition) is 7. The Morgan fingerprint density at radius 1 is 1.06 bits per heavy atom. The Morgan fingerprint density at radius 2 is 1.64 bits per heavy atom. The predicted octanol–water partition coefficient (Wildman–Crippen LogP) is 1.34. The lowest BCUT2D eigenvalue weighted by Gasteiger charge is -2.31. The van der Waals surface area contributed by atoms with E-state index < -0.39 is 40.5 Å². The summed E-state index contributed by atoms with van der Waals surface area (Å²) in [7, 11) is -2.22. The van der Waals surface area contributed by atoms with Crippen LogP contribution in [0.4, 0.5) is 4.79 Å². The molecule has 3 amide bonds. The molecule has 184 valence electrons. The van der Waals surface area contributed by atoms with Gasteiger partial charge in [-0.3, -0.25) is 14.9 Å². The van der Waals surface area contributed by atoms with E-state index >= 15 is 0 Å². The number of amides is 3. The van der Waals surface area contributed by atoms with Gasteiger partial charge < -0.3 is 14.8 Å². The maximum Gasteiger partial charge on any atom is 0.321 e. The van der Waals surface area contributed by atoms with Crippen LogP contribution in [0, 0.1) is 33.6 Å². The fraction of sp³-hybridized carbons (Fsp3) is 0.591. The van der Waals surface area contributed by atoms with Crippen molar-refractivity contribution in [1.82, 2.24) is 14.9 Å². The van der Waals surface area contributed by atoms with Crippen LogP contribution in [-0.4, -0.2) is 70.6 Å². The fourth-order valence-electron chi connectivity index (χ4n) is 3.76. The van der Waals surface area contributed by atoms with Gasteiger partial charge in [0.25, 0.3) is 5.91 Å². The number of piperidine rings is 1. The van der Waals surface area contributed by atoms with Crippen molar-refractivity contribution in [1.29, 1.82) is 0 Å². The number of nitrogens with zero attached hydrogens (tertiary/aromatic N) is 1. The molecular formula is C22H33N3O7S. The van der Waals surface area contributed by atoms with Crippen molar-refractivity contribution in [3.05, 3.63) is 28.3 Å². The standard InChI is InChI=1S/C22H33N3O7S/c1-14-12-15(2)17(4)20(16(14)3)33(29,30)25-9-6-18(7-10-25)21(27)32-13-19(26)24-22(28)23-8-11-31-5/h12,18H,6-11,13H2,1-5H3,(H2,23,24,26,28). The van der Waals surface area contributed by atoms with Gasteiger partial charge in [0.05, 0.1) is 17.4 Å². The van der Waals surface area contributed by atoms with Crippen LogP contribution in [0.3, 0.4) is 0 Å². The normalized spacial score (nSPS) is 15.2. The average molecular weight is 484 g/mol. The highest BCUT2D eigenvalue weighted by molar-refractivity contribution is 7.89. The minimum Gasteiger partial charge on any atom is -0.455 e. The van der Waals surface area contributed by atoms with Crippen molar-refractivity contribution in [2.24, 2.45) is 5.92 Å². The van der Waals surface area contributed by atoms with E-state index in [1.165, 1.54) is 11.4 Å². The Balaban J connectivity index is 1.90. The van der Waals surface area contributed by atoms with Gasteiger partial charge in [0.1, 0.15) is 0 Å². The molecule has 1 heterocycles. The van der Waals surface area contributed by atoms with Gasteiger partial charge in [-0.2, -0.15) is 4.31 Å². The lowest BCUT2D eigenvalue weighted by atomic mass is 9.98. The Labute approximate surface area is 195 Å². The summed E-state index contributed by atoms with van der Waals surface area (Å²) in [4.78, 5) is 35.9. The third kappa shape index (κ3) is 6.75. The summed E-state index contributed by atoms with van der Waals surface area (Å²) in [5, 5.41) is 4.47. The predicted molar refractivity (Wildman–Crippen MR) is 121 cm³/mol. The molecule has 1 aromatic rings. The molecule has 0 saturated carbocycles. The van der Waals surface area contributed by atoms with Gasteiger partial charge in [-0.15, -0.1) is 0 Å². The number of carbonyl (C=O) groups is 3. The summed E-state index contributed by atoms with van der Waals surface area (Å²) < 4.78 is 37.9. The molecule has 1 aliphatic rings. The topological polar surface area (TPSA) is 131 Å². The lowest BCUT2D eigenvalue weighted by Crippen LogP contribution is -2.43. The number of carbonyl (C=O) groups excluding carboxylic acids is 3. The maximum absolute atomic E-state index is 13.3. The molecule has 1 fully saturated rings. The van der Waals surface area contributed by atoms with Crippen LogP contribution in [0.15, 0.2) is 11.0 Å². The minimum atomic E-state index is -3.70. The molecule has 11 heteroatoms. The second-order valence-corrected chi connectivity index (χ2v) is 10.0. The smallest absolute Gasteiger partial charge is 0.321 e. The molecule has 0 radical (unpaired) electrons. The molecule has 0 unspecified atom stereocenters. The van der Waals surface area contributed by atoms with E-state index in [0.717, 1.165) is 22.3 Å². The van der Waals surface area contributed by atoms with E-state index in [0.29, 0.717) is 24.3 Å². The van der Waals surface area contributed by atoms with E-state index in [9.17, 15) is 22.8 Å². The molecule has 1 aromatic carbocycles. The highest BCUT2D eigenvalue weighted by atomic mass is 32.2. The number of imide groups is 1. The Kier molecular flexibility index (Phi) is 9.38. The third-order valence-electron chi connectivity index (χ3n) is 5.87. The molecule has 0 atom stereocenters. The van der Waals surface area contributed by atoms with Crippen molar-refractivity contribution in [3.63, 3.8) is 0 Å². The first-order valence-corrected chi connectivity index (χ1v) is 12.2. The van der Waals surface area contributed by atoms with Crippen LogP contribution >= 0.6 is 0 Å². The third-order valence-corrected chi connectivity index (χ3v) is 8.05. The number of aryl methyl sites for hydroxylation is 2. The highest BCUT2D eigenvalue weighted by Gasteiger charge is 2.35. The maximum atomic E-state index is 13.3. The zero-order chi connectivity index (χ0) is 24.8. The van der Waals surface area contributed by atoms with E-state index in [1.54, 1.807) is 0 Å². The van der Waals surface area contributed by atoms with Gasteiger partial charge in [0, 0.05) is 26.7 Å². The molecule has 2 rings (SSSR count). The SMILES string of the molecule is COCCNC(=O)NC(=O)COC(=O)C1CCN(S(=O)(=O)c2c(C)c(C)cc(C)c2C)CC1. The molecule has 33 heavy (non-hydrogen) atoms.